The van der Waals surface area contributed by atoms with Crippen LogP contribution < -0.4 is 10.6 Å². The number of aliphatic imine (C=N–C) groups is 1. The van der Waals surface area contributed by atoms with Crippen molar-refractivity contribution in [1.82, 2.24) is 10.6 Å². The van der Waals surface area contributed by atoms with E-state index >= 15 is 0 Å². The van der Waals surface area contributed by atoms with Crippen molar-refractivity contribution in [3.8, 4) is 0 Å². The summed E-state index contributed by atoms with van der Waals surface area (Å²) in [7, 11) is 1.75. The van der Waals surface area contributed by atoms with Crippen molar-refractivity contribution in [3.05, 3.63) is 35.9 Å². The van der Waals surface area contributed by atoms with Crippen molar-refractivity contribution in [2.45, 2.75) is 38.7 Å². The zero-order chi connectivity index (χ0) is 17.5. The monoisotopic (exact) mass is 333 g/mol. The molecule has 0 aromatic heterocycles. The number of hydrogen-bond acceptors (Lipinski definition) is 3. The molecule has 0 saturated heterocycles. The highest BCUT2D eigenvalue weighted by Crippen LogP contribution is 2.48. The first-order valence-electron chi connectivity index (χ1n) is 8.80. The first kappa shape index (κ1) is 18.7. The van der Waals surface area contributed by atoms with Crippen LogP contribution >= 0.6 is 0 Å². The molecule has 0 spiro atoms. The van der Waals surface area contributed by atoms with Gasteiger partial charge in [0.2, 0.25) is 0 Å². The highest BCUT2D eigenvalue weighted by atomic mass is 16.5. The Morgan fingerprint density at radius 2 is 2.00 bits per heavy atom. The predicted octanol–water partition coefficient (Wildman–Crippen LogP) is 2.27. The molecule has 0 radical (unpaired) electrons. The largest absolute Gasteiger partial charge is 0.385 e. The van der Waals surface area contributed by atoms with Crippen molar-refractivity contribution >= 4 is 5.96 Å². The van der Waals surface area contributed by atoms with E-state index < -0.39 is 5.60 Å². The number of rotatable bonds is 9. The Bertz CT molecular complexity index is 525. The molecular formula is C19H31N3O2. The van der Waals surface area contributed by atoms with E-state index in [0.29, 0.717) is 12.0 Å². The van der Waals surface area contributed by atoms with Crippen molar-refractivity contribution in [3.63, 3.8) is 0 Å². The minimum absolute atomic E-state index is 0.317. The maximum absolute atomic E-state index is 10.7. The number of nitrogens with one attached hydrogen (secondary N) is 2. The average molecular weight is 333 g/mol. The Morgan fingerprint density at radius 1 is 1.29 bits per heavy atom. The van der Waals surface area contributed by atoms with Crippen molar-refractivity contribution in [1.29, 1.82) is 0 Å². The van der Waals surface area contributed by atoms with Gasteiger partial charge in [-0.15, -0.1) is 0 Å². The summed E-state index contributed by atoms with van der Waals surface area (Å²) in [6.45, 7) is 6.66. The standard InChI is InChI=1S/C19H31N3O2/c1-4-20-17(22-15-19(10-11-19)12-13-24-3)21-14-18(2,23)16-8-6-5-7-9-16/h5-9,23H,4,10-15H2,1-3H3,(H2,20,21,22). The first-order valence-corrected chi connectivity index (χ1v) is 8.80. The molecule has 1 unspecified atom stereocenters. The van der Waals surface area contributed by atoms with Gasteiger partial charge in [-0.2, -0.15) is 0 Å². The van der Waals surface area contributed by atoms with Gasteiger partial charge in [-0.3, -0.25) is 0 Å². The molecule has 5 heteroatoms. The lowest BCUT2D eigenvalue weighted by molar-refractivity contribution is 0.0672. The number of benzene rings is 1. The van der Waals surface area contributed by atoms with E-state index in [-0.39, 0.29) is 0 Å². The molecule has 0 amide bonds. The minimum atomic E-state index is -0.975. The minimum Gasteiger partial charge on any atom is -0.385 e. The highest BCUT2D eigenvalue weighted by molar-refractivity contribution is 5.79. The fraction of sp³-hybridized carbons (Fsp3) is 0.632. The number of aliphatic hydroxyl groups is 1. The zero-order valence-electron chi connectivity index (χ0n) is 15.1. The molecule has 1 aromatic carbocycles. The van der Waals surface area contributed by atoms with Gasteiger partial charge in [0.05, 0.1) is 6.54 Å². The van der Waals surface area contributed by atoms with E-state index in [1.54, 1.807) is 14.0 Å². The summed E-state index contributed by atoms with van der Waals surface area (Å²) in [5.41, 5.74) is 0.258. The van der Waals surface area contributed by atoms with Crippen LogP contribution in [-0.2, 0) is 10.3 Å². The van der Waals surface area contributed by atoms with Crippen LogP contribution in [0.25, 0.3) is 0 Å². The number of nitrogens with zero attached hydrogens (tertiary/aromatic N) is 1. The second kappa shape index (κ2) is 8.49. The Kier molecular flexibility index (Phi) is 6.63. The number of hydrogen-bond donors (Lipinski definition) is 3. The van der Waals surface area contributed by atoms with Gasteiger partial charge in [-0.05, 0) is 44.1 Å². The lowest BCUT2D eigenvalue weighted by atomic mass is 9.96. The molecule has 3 N–H and O–H groups in total. The topological polar surface area (TPSA) is 65.9 Å². The van der Waals surface area contributed by atoms with Crippen LogP contribution in [0.5, 0.6) is 0 Å². The van der Waals surface area contributed by atoms with Gasteiger partial charge in [-0.1, -0.05) is 30.3 Å². The van der Waals surface area contributed by atoms with Crippen molar-refractivity contribution in [2.24, 2.45) is 10.4 Å². The Hall–Kier alpha value is -1.59. The summed E-state index contributed by atoms with van der Waals surface area (Å²) in [5.74, 6) is 0.761. The maximum Gasteiger partial charge on any atom is 0.191 e. The van der Waals surface area contributed by atoms with Crippen LogP contribution in [0.15, 0.2) is 35.3 Å². The molecule has 2 rings (SSSR count). The third kappa shape index (κ3) is 5.49. The fourth-order valence-electron chi connectivity index (χ4n) is 2.74. The van der Waals surface area contributed by atoms with Crippen LogP contribution in [0.4, 0.5) is 0 Å². The lowest BCUT2D eigenvalue weighted by Gasteiger charge is -2.23. The molecule has 5 nitrogen and oxygen atoms in total. The zero-order valence-corrected chi connectivity index (χ0v) is 15.1. The summed E-state index contributed by atoms with van der Waals surface area (Å²) >= 11 is 0. The molecule has 1 fully saturated rings. The van der Waals surface area contributed by atoms with Gasteiger partial charge >= 0.3 is 0 Å². The van der Waals surface area contributed by atoms with E-state index in [1.165, 1.54) is 12.8 Å². The van der Waals surface area contributed by atoms with E-state index in [2.05, 4.69) is 15.6 Å². The third-order valence-corrected chi connectivity index (χ3v) is 4.71. The van der Waals surface area contributed by atoms with Crippen LogP contribution in [-0.4, -0.2) is 44.4 Å². The summed E-state index contributed by atoms with van der Waals surface area (Å²) < 4.78 is 5.21. The SMILES string of the molecule is CCNC(=NCC(C)(O)c1ccccc1)NCC1(CCOC)CC1. The lowest BCUT2D eigenvalue weighted by Crippen LogP contribution is -2.41. The quantitative estimate of drug-likeness (QED) is 0.479. The molecule has 0 aliphatic heterocycles. The van der Waals surface area contributed by atoms with E-state index in [9.17, 15) is 5.11 Å². The second-order valence-corrected chi connectivity index (χ2v) is 6.93. The van der Waals surface area contributed by atoms with Gasteiger partial charge in [0.15, 0.2) is 5.96 Å². The molecular weight excluding hydrogens is 302 g/mol. The maximum atomic E-state index is 10.7. The molecule has 0 bridgehead atoms. The Balaban J connectivity index is 1.93. The molecule has 0 heterocycles. The number of methoxy groups -OCH3 is 1. The summed E-state index contributed by atoms with van der Waals surface area (Å²) in [5, 5.41) is 17.4. The average Bonchev–Trinajstić information content (AvgIpc) is 3.37. The van der Waals surface area contributed by atoms with Crippen LogP contribution in [0.3, 0.4) is 0 Å². The van der Waals surface area contributed by atoms with Crippen LogP contribution in [0.2, 0.25) is 0 Å². The van der Waals surface area contributed by atoms with Crippen LogP contribution in [0, 0.1) is 5.41 Å². The molecule has 1 saturated carbocycles. The summed E-state index contributed by atoms with van der Waals surface area (Å²) in [6, 6.07) is 9.68. The molecule has 1 aliphatic rings. The molecule has 134 valence electrons. The van der Waals surface area contributed by atoms with E-state index in [1.807, 2.05) is 37.3 Å². The number of guanidine groups is 1. The smallest absolute Gasteiger partial charge is 0.191 e. The molecule has 24 heavy (non-hydrogen) atoms. The van der Waals surface area contributed by atoms with E-state index in [4.69, 9.17) is 4.74 Å². The number of ether oxygens (including phenoxy) is 1. The highest BCUT2D eigenvalue weighted by Gasteiger charge is 2.41. The Morgan fingerprint density at radius 3 is 2.58 bits per heavy atom. The summed E-state index contributed by atoms with van der Waals surface area (Å²) in [6.07, 6.45) is 3.56. The molecule has 1 atom stereocenters. The van der Waals surface area contributed by atoms with E-state index in [0.717, 1.165) is 37.6 Å². The van der Waals surface area contributed by atoms with Gasteiger partial charge in [-0.25, -0.2) is 4.99 Å². The third-order valence-electron chi connectivity index (χ3n) is 4.71. The van der Waals surface area contributed by atoms with Gasteiger partial charge in [0.1, 0.15) is 5.60 Å². The summed E-state index contributed by atoms with van der Waals surface area (Å²) in [4.78, 5) is 4.59. The first-order chi connectivity index (χ1) is 11.5. The van der Waals surface area contributed by atoms with Crippen molar-refractivity contribution in [2.75, 3.05) is 33.4 Å². The van der Waals surface area contributed by atoms with Gasteiger partial charge in [0.25, 0.3) is 0 Å². The van der Waals surface area contributed by atoms with Gasteiger partial charge in [0, 0.05) is 26.8 Å². The van der Waals surface area contributed by atoms with Crippen molar-refractivity contribution < 1.29 is 9.84 Å². The van der Waals surface area contributed by atoms with Gasteiger partial charge < -0.3 is 20.5 Å². The normalized spacial score (nSPS) is 18.8. The predicted molar refractivity (Wildman–Crippen MR) is 98.2 cm³/mol. The second-order valence-electron chi connectivity index (χ2n) is 6.93. The molecule has 1 aliphatic carbocycles. The Labute approximate surface area is 145 Å². The molecule has 1 aromatic rings. The van der Waals surface area contributed by atoms with Crippen LogP contribution in [0.1, 0.15) is 38.7 Å². The fourth-order valence-corrected chi connectivity index (χ4v) is 2.74.